The standard InChI is InChI=1S/C24H32N2O7/c1-22(2,3)31-19(27)26(20(28)32-23(4,5)6)18-14-17(30-21(29)33-24(7,8)9)15-12-10-11-13-16(15)25-18/h10-14H,1-9H3. The molecule has 9 nitrogen and oxygen atoms in total. The molecule has 0 saturated heterocycles. The molecule has 1 aromatic carbocycles. The van der Waals surface area contributed by atoms with Crippen LogP contribution in [0.2, 0.25) is 0 Å². The molecule has 0 unspecified atom stereocenters. The van der Waals surface area contributed by atoms with E-state index in [9.17, 15) is 14.4 Å². The molecule has 2 aromatic rings. The highest BCUT2D eigenvalue weighted by Crippen LogP contribution is 2.31. The molecule has 0 spiro atoms. The highest BCUT2D eigenvalue weighted by Gasteiger charge is 2.34. The molecule has 0 saturated carbocycles. The van der Waals surface area contributed by atoms with Crippen molar-refractivity contribution >= 4 is 35.1 Å². The summed E-state index contributed by atoms with van der Waals surface area (Å²) in [5.74, 6) is -0.0715. The maximum Gasteiger partial charge on any atom is 0.514 e. The van der Waals surface area contributed by atoms with Gasteiger partial charge in [-0.25, -0.2) is 19.4 Å². The minimum Gasteiger partial charge on any atom is -0.443 e. The number of aromatic nitrogens is 1. The Kier molecular flexibility index (Phi) is 7.26. The van der Waals surface area contributed by atoms with Gasteiger partial charge >= 0.3 is 18.3 Å². The van der Waals surface area contributed by atoms with Crippen molar-refractivity contribution in [1.82, 2.24) is 4.98 Å². The quantitative estimate of drug-likeness (QED) is 0.384. The Morgan fingerprint density at radius 3 is 1.73 bits per heavy atom. The monoisotopic (exact) mass is 460 g/mol. The van der Waals surface area contributed by atoms with Crippen molar-refractivity contribution in [3.63, 3.8) is 0 Å². The molecule has 0 bridgehead atoms. The van der Waals surface area contributed by atoms with Crippen molar-refractivity contribution in [2.75, 3.05) is 4.90 Å². The number of ether oxygens (including phenoxy) is 4. The molecule has 0 N–H and O–H groups in total. The molecule has 0 aliphatic rings. The van der Waals surface area contributed by atoms with Gasteiger partial charge < -0.3 is 18.9 Å². The van der Waals surface area contributed by atoms with Crippen LogP contribution in [-0.2, 0) is 14.2 Å². The Bertz CT molecular complexity index is 1020. The largest absolute Gasteiger partial charge is 0.514 e. The third kappa shape index (κ3) is 7.93. The summed E-state index contributed by atoms with van der Waals surface area (Å²) in [4.78, 5) is 43.4. The molecular weight excluding hydrogens is 428 g/mol. The van der Waals surface area contributed by atoms with Crippen LogP contribution in [0.4, 0.5) is 20.2 Å². The van der Waals surface area contributed by atoms with Gasteiger partial charge in [-0.15, -0.1) is 0 Å². The zero-order chi connectivity index (χ0) is 25.2. The van der Waals surface area contributed by atoms with Gasteiger partial charge in [-0.05, 0) is 74.4 Å². The first-order valence-corrected chi connectivity index (χ1v) is 10.5. The summed E-state index contributed by atoms with van der Waals surface area (Å²) in [6.45, 7) is 15.1. The van der Waals surface area contributed by atoms with Crippen LogP contribution >= 0.6 is 0 Å². The molecule has 1 heterocycles. The van der Waals surface area contributed by atoms with Crippen molar-refractivity contribution < 1.29 is 33.3 Å². The van der Waals surface area contributed by atoms with Crippen molar-refractivity contribution in [2.24, 2.45) is 0 Å². The van der Waals surface area contributed by atoms with Gasteiger partial charge in [0.1, 0.15) is 22.6 Å². The van der Waals surface area contributed by atoms with Crippen LogP contribution in [0.25, 0.3) is 10.9 Å². The number of fused-ring (bicyclic) bond motifs is 1. The SMILES string of the molecule is CC(C)(C)OC(=O)Oc1cc(N(C(=O)OC(C)(C)C)C(=O)OC(C)(C)C)nc2ccccc12. The van der Waals surface area contributed by atoms with E-state index in [1.54, 1.807) is 86.6 Å². The van der Waals surface area contributed by atoms with E-state index in [0.29, 0.717) is 15.8 Å². The van der Waals surface area contributed by atoms with Crippen molar-refractivity contribution in [3.05, 3.63) is 30.3 Å². The summed E-state index contributed by atoms with van der Waals surface area (Å²) in [7, 11) is 0. The van der Waals surface area contributed by atoms with E-state index < -0.39 is 35.1 Å². The predicted molar refractivity (Wildman–Crippen MR) is 124 cm³/mol. The van der Waals surface area contributed by atoms with E-state index in [0.717, 1.165) is 0 Å². The normalized spacial score (nSPS) is 12.2. The highest BCUT2D eigenvalue weighted by atomic mass is 16.7. The number of benzene rings is 1. The van der Waals surface area contributed by atoms with Crippen LogP contribution in [0.5, 0.6) is 5.75 Å². The molecule has 180 valence electrons. The van der Waals surface area contributed by atoms with Gasteiger partial charge in [-0.3, -0.25) is 0 Å². The molecule has 0 aliphatic heterocycles. The topological polar surface area (TPSA) is 104 Å². The van der Waals surface area contributed by atoms with Crippen LogP contribution in [0.15, 0.2) is 30.3 Å². The molecule has 9 heteroatoms. The lowest BCUT2D eigenvalue weighted by atomic mass is 10.2. The van der Waals surface area contributed by atoms with Crippen molar-refractivity contribution in [1.29, 1.82) is 0 Å². The van der Waals surface area contributed by atoms with E-state index in [1.807, 2.05) is 0 Å². The maximum atomic E-state index is 13.0. The minimum atomic E-state index is -0.984. The van der Waals surface area contributed by atoms with E-state index in [-0.39, 0.29) is 11.6 Å². The van der Waals surface area contributed by atoms with E-state index >= 15 is 0 Å². The van der Waals surface area contributed by atoms with Gasteiger partial charge in [0.25, 0.3) is 0 Å². The Balaban J connectivity index is 2.60. The molecule has 2 amide bonds. The summed E-state index contributed by atoms with van der Waals surface area (Å²) in [6.07, 6.45) is -2.91. The fraction of sp³-hybridized carbons (Fsp3) is 0.500. The Labute approximate surface area is 194 Å². The zero-order valence-corrected chi connectivity index (χ0v) is 20.6. The van der Waals surface area contributed by atoms with Gasteiger partial charge in [-0.1, -0.05) is 12.1 Å². The van der Waals surface area contributed by atoms with Gasteiger partial charge in [0.2, 0.25) is 0 Å². The zero-order valence-electron chi connectivity index (χ0n) is 20.6. The first kappa shape index (κ1) is 25.9. The molecule has 1 aromatic heterocycles. The Morgan fingerprint density at radius 2 is 1.24 bits per heavy atom. The third-order valence-electron chi connectivity index (χ3n) is 3.63. The van der Waals surface area contributed by atoms with Gasteiger partial charge in [-0.2, -0.15) is 4.90 Å². The van der Waals surface area contributed by atoms with Crippen LogP contribution in [0, 0.1) is 0 Å². The van der Waals surface area contributed by atoms with Crippen LogP contribution in [0.3, 0.4) is 0 Å². The van der Waals surface area contributed by atoms with E-state index in [2.05, 4.69) is 4.98 Å². The van der Waals surface area contributed by atoms with Gasteiger partial charge in [0.15, 0.2) is 5.82 Å². The fourth-order valence-corrected chi connectivity index (χ4v) is 2.57. The average Bonchev–Trinajstić information content (AvgIpc) is 2.57. The average molecular weight is 461 g/mol. The smallest absolute Gasteiger partial charge is 0.443 e. The van der Waals surface area contributed by atoms with E-state index in [4.69, 9.17) is 18.9 Å². The highest BCUT2D eigenvalue weighted by molar-refractivity contribution is 6.09. The molecular formula is C24H32N2O7. The van der Waals surface area contributed by atoms with E-state index in [1.165, 1.54) is 6.07 Å². The second-order valence-corrected chi connectivity index (χ2v) is 10.4. The minimum absolute atomic E-state index is 0.0574. The van der Waals surface area contributed by atoms with Crippen molar-refractivity contribution in [2.45, 2.75) is 79.1 Å². The van der Waals surface area contributed by atoms with Crippen LogP contribution < -0.4 is 9.64 Å². The molecule has 0 fully saturated rings. The number of nitrogens with zero attached hydrogens (tertiary/aromatic N) is 2. The number of carbonyl (C=O) groups is 3. The molecule has 2 rings (SSSR count). The second-order valence-electron chi connectivity index (χ2n) is 10.4. The lowest BCUT2D eigenvalue weighted by molar-refractivity contribution is 0.0209. The first-order valence-electron chi connectivity index (χ1n) is 10.5. The Morgan fingerprint density at radius 1 is 0.758 bits per heavy atom. The maximum absolute atomic E-state index is 13.0. The number of hydrogen-bond acceptors (Lipinski definition) is 8. The Hall–Kier alpha value is -3.36. The summed E-state index contributed by atoms with van der Waals surface area (Å²) in [6, 6.07) is 8.10. The summed E-state index contributed by atoms with van der Waals surface area (Å²) >= 11 is 0. The van der Waals surface area contributed by atoms with Crippen molar-refractivity contribution in [3.8, 4) is 5.75 Å². The molecule has 0 aliphatic carbocycles. The summed E-state index contributed by atoms with van der Waals surface area (Å²) in [5.41, 5.74) is -2.17. The number of rotatable bonds is 2. The molecule has 0 atom stereocenters. The number of imide groups is 1. The lowest BCUT2D eigenvalue weighted by Crippen LogP contribution is -2.44. The fourth-order valence-electron chi connectivity index (χ4n) is 2.57. The second kappa shape index (κ2) is 9.25. The number of hydrogen-bond donors (Lipinski definition) is 0. The summed E-state index contributed by atoms with van der Waals surface area (Å²) in [5, 5.41) is 0.487. The van der Waals surface area contributed by atoms with Gasteiger partial charge in [0, 0.05) is 11.5 Å². The number of para-hydroxylation sites is 1. The number of anilines is 1. The van der Waals surface area contributed by atoms with Gasteiger partial charge in [0.05, 0.1) is 5.52 Å². The molecule has 33 heavy (non-hydrogen) atoms. The van der Waals surface area contributed by atoms with Crippen LogP contribution in [0.1, 0.15) is 62.3 Å². The number of carbonyl (C=O) groups excluding carboxylic acids is 3. The number of amides is 2. The number of pyridine rings is 1. The molecule has 0 radical (unpaired) electrons. The lowest BCUT2D eigenvalue weighted by Gasteiger charge is -2.28. The summed E-state index contributed by atoms with van der Waals surface area (Å²) < 4.78 is 21.5. The first-order chi connectivity index (χ1) is 15.0. The predicted octanol–water partition coefficient (Wildman–Crippen LogP) is 6.23. The third-order valence-corrected chi connectivity index (χ3v) is 3.63. The van der Waals surface area contributed by atoms with Crippen LogP contribution in [-0.4, -0.2) is 40.1 Å².